The van der Waals surface area contributed by atoms with Gasteiger partial charge in [-0.25, -0.2) is 0 Å². The average Bonchev–Trinajstić information content (AvgIpc) is 2.91. The Balaban J connectivity index is 1.92. The van der Waals surface area contributed by atoms with Gasteiger partial charge in [0.15, 0.2) is 0 Å². The predicted molar refractivity (Wildman–Crippen MR) is 184 cm³/mol. The van der Waals surface area contributed by atoms with Crippen LogP contribution in [0.25, 0.3) is 0 Å². The first kappa shape index (κ1) is 35.3. The van der Waals surface area contributed by atoms with Crippen molar-refractivity contribution in [3.05, 3.63) is 130 Å². The van der Waals surface area contributed by atoms with Crippen LogP contribution in [0, 0.1) is 10.8 Å². The van der Waals surface area contributed by atoms with Crippen molar-refractivity contribution in [3.63, 3.8) is 0 Å². The molecule has 2 aliphatic carbocycles. The molecule has 0 heterocycles. The predicted octanol–water partition coefficient (Wildman–Crippen LogP) is 10.5. The van der Waals surface area contributed by atoms with E-state index >= 15 is 0 Å². The first-order chi connectivity index (χ1) is 19.6. The second-order valence-corrected chi connectivity index (χ2v) is 13.5. The lowest BCUT2D eigenvalue weighted by atomic mass is 9.71. The molecule has 2 atom stereocenters. The van der Waals surface area contributed by atoms with Gasteiger partial charge in [0.1, 0.15) is 0 Å². The smallest absolute Gasteiger partial charge is 0.0753 e. The maximum Gasteiger partial charge on any atom is 0.0753 e. The Morgan fingerprint density at radius 1 is 0.548 bits per heavy atom. The maximum atomic E-state index is 10.3. The second kappa shape index (κ2) is 16.1. The van der Waals surface area contributed by atoms with E-state index in [4.69, 9.17) is 0 Å². The lowest BCUT2D eigenvalue weighted by Gasteiger charge is -2.35. The maximum absolute atomic E-state index is 10.3. The van der Waals surface area contributed by atoms with E-state index in [9.17, 15) is 10.2 Å². The molecule has 0 bridgehead atoms. The van der Waals surface area contributed by atoms with E-state index in [1.807, 2.05) is 0 Å². The van der Waals surface area contributed by atoms with Gasteiger partial charge in [-0.3, -0.25) is 0 Å². The second-order valence-electron chi connectivity index (χ2n) is 13.5. The zero-order valence-corrected chi connectivity index (χ0v) is 28.0. The molecule has 0 aromatic heterocycles. The van der Waals surface area contributed by atoms with Gasteiger partial charge in [0, 0.05) is 0 Å². The molecule has 228 valence electrons. The van der Waals surface area contributed by atoms with Gasteiger partial charge in [0.25, 0.3) is 0 Å². The molecule has 0 amide bonds. The highest BCUT2D eigenvalue weighted by Gasteiger charge is 2.31. The topological polar surface area (TPSA) is 40.5 Å². The van der Waals surface area contributed by atoms with E-state index in [1.54, 1.807) is 0 Å². The summed E-state index contributed by atoms with van der Waals surface area (Å²) in [5.74, 6) is 0. The Labute approximate surface area is 257 Å². The van der Waals surface area contributed by atoms with Crippen molar-refractivity contribution in [1.82, 2.24) is 0 Å². The van der Waals surface area contributed by atoms with E-state index in [-0.39, 0.29) is 23.0 Å². The van der Waals surface area contributed by atoms with E-state index in [2.05, 4.69) is 154 Å². The van der Waals surface area contributed by atoms with Gasteiger partial charge in [-0.15, -0.1) is 0 Å². The van der Waals surface area contributed by atoms with Crippen molar-refractivity contribution in [2.24, 2.45) is 10.8 Å². The number of allylic oxidation sites excluding steroid dienone is 20. The molecule has 2 N–H and O–H groups in total. The molecule has 42 heavy (non-hydrogen) atoms. The summed E-state index contributed by atoms with van der Waals surface area (Å²) in [6, 6.07) is 0. The summed E-state index contributed by atoms with van der Waals surface area (Å²) in [4.78, 5) is 0. The van der Waals surface area contributed by atoms with Gasteiger partial charge in [0.05, 0.1) is 12.2 Å². The molecule has 2 aliphatic rings. The van der Waals surface area contributed by atoms with E-state index in [0.29, 0.717) is 0 Å². The highest BCUT2D eigenvalue weighted by molar-refractivity contribution is 5.40. The Kier molecular flexibility index (Phi) is 13.5. The van der Waals surface area contributed by atoms with Gasteiger partial charge in [-0.1, -0.05) is 135 Å². The van der Waals surface area contributed by atoms with Gasteiger partial charge in [0.2, 0.25) is 0 Å². The summed E-state index contributed by atoms with van der Waals surface area (Å²) in [6.45, 7) is 21.6. The third kappa shape index (κ3) is 11.0. The Morgan fingerprint density at radius 3 is 1.21 bits per heavy atom. The van der Waals surface area contributed by atoms with Crippen LogP contribution in [0.4, 0.5) is 0 Å². The number of aliphatic hydroxyl groups excluding tert-OH is 2. The van der Waals surface area contributed by atoms with Gasteiger partial charge in [-0.05, 0) is 100 Å². The van der Waals surface area contributed by atoms with Crippen molar-refractivity contribution >= 4 is 0 Å². The first-order valence-electron chi connectivity index (χ1n) is 15.5. The van der Waals surface area contributed by atoms with Crippen LogP contribution in [0.3, 0.4) is 0 Å². The SMILES string of the molecule is CC1=C(/C=C/C(C)=C/C=C/C(C)=C/C=C/C=C(C)/C=C/C=C(C)/C=C/C2=C(C)[C@@H](O)CCC2(C)C)C(C)(C)CC[C@@H]1O. The van der Waals surface area contributed by atoms with Crippen molar-refractivity contribution in [3.8, 4) is 0 Å². The molecule has 0 saturated heterocycles. The lowest BCUT2D eigenvalue weighted by Crippen LogP contribution is -2.27. The molecular weight excluding hydrogens is 512 g/mol. The Hall–Kier alpha value is -2.94. The van der Waals surface area contributed by atoms with Crippen LogP contribution < -0.4 is 0 Å². The average molecular weight is 569 g/mol. The fraction of sp³-hybridized carbons (Fsp3) is 0.450. The molecule has 0 radical (unpaired) electrons. The molecule has 0 saturated carbocycles. The number of hydrogen-bond donors (Lipinski definition) is 2. The highest BCUT2D eigenvalue weighted by atomic mass is 16.3. The van der Waals surface area contributed by atoms with Crippen molar-refractivity contribution in [2.75, 3.05) is 0 Å². The molecule has 0 aromatic rings. The molecule has 0 spiro atoms. The van der Waals surface area contributed by atoms with E-state index < -0.39 is 0 Å². The Morgan fingerprint density at radius 2 is 0.857 bits per heavy atom. The summed E-state index contributed by atoms with van der Waals surface area (Å²) >= 11 is 0. The summed E-state index contributed by atoms with van der Waals surface area (Å²) in [5, 5.41) is 20.5. The minimum atomic E-state index is -0.315. The third-order valence-corrected chi connectivity index (χ3v) is 8.68. The fourth-order valence-corrected chi connectivity index (χ4v) is 5.61. The van der Waals surface area contributed by atoms with Crippen LogP contribution in [0.1, 0.15) is 94.9 Å². The Bertz CT molecular complexity index is 1190. The lowest BCUT2D eigenvalue weighted by molar-refractivity contribution is 0.163. The molecule has 2 nitrogen and oxygen atoms in total. The monoisotopic (exact) mass is 568 g/mol. The minimum Gasteiger partial charge on any atom is -0.389 e. The number of aliphatic hydroxyl groups is 2. The first-order valence-corrected chi connectivity index (χ1v) is 15.5. The molecule has 0 unspecified atom stereocenters. The van der Waals surface area contributed by atoms with Crippen LogP contribution >= 0.6 is 0 Å². The van der Waals surface area contributed by atoms with Crippen LogP contribution in [0.2, 0.25) is 0 Å². The quantitative estimate of drug-likeness (QED) is 0.257. The van der Waals surface area contributed by atoms with Crippen molar-refractivity contribution < 1.29 is 10.2 Å². The zero-order valence-electron chi connectivity index (χ0n) is 28.0. The fourth-order valence-electron chi connectivity index (χ4n) is 5.61. The van der Waals surface area contributed by atoms with Crippen molar-refractivity contribution in [2.45, 2.75) is 107 Å². The van der Waals surface area contributed by atoms with Crippen LogP contribution in [-0.4, -0.2) is 22.4 Å². The summed E-state index contributed by atoms with van der Waals surface area (Å²) in [6.07, 6.45) is 32.8. The van der Waals surface area contributed by atoms with Crippen LogP contribution in [-0.2, 0) is 0 Å². The van der Waals surface area contributed by atoms with Crippen LogP contribution in [0.5, 0.6) is 0 Å². The van der Waals surface area contributed by atoms with Crippen LogP contribution in [0.15, 0.2) is 130 Å². The number of hydrogen-bond acceptors (Lipinski definition) is 2. The molecule has 0 aliphatic heterocycles. The molecule has 0 aromatic carbocycles. The van der Waals surface area contributed by atoms with E-state index in [0.717, 1.165) is 36.8 Å². The van der Waals surface area contributed by atoms with Gasteiger partial charge >= 0.3 is 0 Å². The largest absolute Gasteiger partial charge is 0.389 e. The van der Waals surface area contributed by atoms with E-state index in [1.165, 1.54) is 33.4 Å². The zero-order chi connectivity index (χ0) is 31.5. The highest BCUT2D eigenvalue weighted by Crippen LogP contribution is 2.42. The summed E-state index contributed by atoms with van der Waals surface area (Å²) in [5.41, 5.74) is 9.65. The molecule has 0 fully saturated rings. The third-order valence-electron chi connectivity index (χ3n) is 8.68. The van der Waals surface area contributed by atoms with Crippen molar-refractivity contribution in [1.29, 1.82) is 0 Å². The summed E-state index contributed by atoms with van der Waals surface area (Å²) in [7, 11) is 0. The van der Waals surface area contributed by atoms with Gasteiger partial charge in [-0.2, -0.15) is 0 Å². The summed E-state index contributed by atoms with van der Waals surface area (Å²) < 4.78 is 0. The van der Waals surface area contributed by atoms with Gasteiger partial charge < -0.3 is 10.2 Å². The normalized spacial score (nSPS) is 25.0. The molecular formula is C40H56O2. The minimum absolute atomic E-state index is 0.104. The molecule has 2 rings (SSSR count). The molecule has 2 heteroatoms. The number of rotatable bonds is 10. The standard InChI is InChI=1S/C40H56O2/c1-29(17-13-19-31(3)21-23-35-33(5)37(41)25-27-39(35,7)8)15-11-12-16-30(2)18-14-20-32(4)22-24-36-34(6)38(42)26-28-40(36,9)10/h11-24,37-38,41-42H,25-28H2,1-10H3/b12-11+,17-13+,18-14+,23-21+,24-22+,29-15+,30-16+,31-19+,32-20+/t37-,38-/m0/s1.